The van der Waals surface area contributed by atoms with Crippen molar-refractivity contribution in [1.82, 2.24) is 0 Å². The smallest absolute Gasteiger partial charge is 0.283 e. The van der Waals surface area contributed by atoms with Crippen LogP contribution in [0.2, 0.25) is 5.02 Å². The van der Waals surface area contributed by atoms with Crippen molar-refractivity contribution in [3.05, 3.63) is 64.3 Å². The third-order valence-corrected chi connectivity index (χ3v) is 4.11. The molecular weight excluding hydrogens is 363 g/mol. The van der Waals surface area contributed by atoms with Gasteiger partial charge in [-0.25, -0.2) is 4.90 Å². The Morgan fingerprint density at radius 1 is 1.04 bits per heavy atom. The number of halogens is 2. The van der Waals surface area contributed by atoms with E-state index in [2.05, 4.69) is 5.32 Å². The Morgan fingerprint density at radius 3 is 2.52 bits per heavy atom. The van der Waals surface area contributed by atoms with E-state index in [1.54, 1.807) is 48.5 Å². The molecule has 1 aliphatic heterocycles. The van der Waals surface area contributed by atoms with Crippen molar-refractivity contribution >= 4 is 46.4 Å². The summed E-state index contributed by atoms with van der Waals surface area (Å²) in [5.74, 6) is -0.731. The monoisotopic (exact) mass is 376 g/mol. The van der Waals surface area contributed by atoms with Gasteiger partial charge in [-0.2, -0.15) is 0 Å². The lowest BCUT2D eigenvalue weighted by molar-refractivity contribution is -0.120. The van der Waals surface area contributed by atoms with E-state index in [9.17, 15) is 9.59 Å². The Morgan fingerprint density at radius 2 is 1.80 bits per heavy atom. The molecule has 0 aliphatic carbocycles. The topological polar surface area (TPSA) is 58.6 Å². The molecule has 0 saturated carbocycles. The minimum Gasteiger partial charge on any atom is -0.492 e. The summed E-state index contributed by atoms with van der Waals surface area (Å²) in [5, 5.41) is 3.19. The van der Waals surface area contributed by atoms with Crippen LogP contribution in [0.4, 0.5) is 11.4 Å². The highest BCUT2D eigenvalue weighted by Crippen LogP contribution is 2.35. The lowest BCUT2D eigenvalue weighted by atomic mass is 10.2. The number of carbonyl (C=O) groups excluding carboxylic acids is 2. The lowest BCUT2D eigenvalue weighted by Crippen LogP contribution is -2.32. The molecular formula is C18H14Cl2N2O3. The third-order valence-electron chi connectivity index (χ3n) is 3.53. The maximum Gasteiger partial charge on any atom is 0.283 e. The average Bonchev–Trinajstić information content (AvgIpc) is 2.80. The van der Waals surface area contributed by atoms with Gasteiger partial charge in [0.25, 0.3) is 11.8 Å². The molecule has 0 radical (unpaired) electrons. The first-order chi connectivity index (χ1) is 12.0. The molecule has 2 aromatic rings. The standard InChI is InChI=1S/C18H14Cl2N2O3/c1-2-25-14-9-4-3-8-13(14)22-17(23)15(20)16(18(22)24)21-12-7-5-6-11(19)10-12/h3-10,21H,2H2,1H3. The van der Waals surface area contributed by atoms with Gasteiger partial charge in [0.15, 0.2) is 0 Å². The van der Waals surface area contributed by atoms with E-state index >= 15 is 0 Å². The van der Waals surface area contributed by atoms with Gasteiger partial charge in [0.1, 0.15) is 16.5 Å². The van der Waals surface area contributed by atoms with Crippen LogP contribution >= 0.6 is 23.2 Å². The fourth-order valence-corrected chi connectivity index (χ4v) is 2.86. The van der Waals surface area contributed by atoms with Crippen LogP contribution in [0.1, 0.15) is 6.92 Å². The number of para-hydroxylation sites is 2. The second-order valence-electron chi connectivity index (χ2n) is 5.17. The highest BCUT2D eigenvalue weighted by atomic mass is 35.5. The molecule has 5 nitrogen and oxygen atoms in total. The molecule has 0 fully saturated rings. The molecule has 0 spiro atoms. The van der Waals surface area contributed by atoms with Gasteiger partial charge >= 0.3 is 0 Å². The summed E-state index contributed by atoms with van der Waals surface area (Å²) in [6, 6.07) is 13.6. The van der Waals surface area contributed by atoms with E-state index in [0.29, 0.717) is 28.8 Å². The number of benzene rings is 2. The molecule has 1 heterocycles. The third kappa shape index (κ3) is 3.34. The minimum atomic E-state index is -0.608. The van der Waals surface area contributed by atoms with Gasteiger partial charge in [0.2, 0.25) is 0 Å². The highest BCUT2D eigenvalue weighted by molar-refractivity contribution is 6.53. The van der Waals surface area contributed by atoms with Crippen molar-refractivity contribution in [2.45, 2.75) is 6.92 Å². The summed E-state index contributed by atoms with van der Waals surface area (Å²) in [4.78, 5) is 26.3. The Bertz CT molecular complexity index is 880. The summed E-state index contributed by atoms with van der Waals surface area (Å²) in [6.07, 6.45) is 0. The quantitative estimate of drug-likeness (QED) is 0.795. The molecule has 0 atom stereocenters. The number of hydrogen-bond acceptors (Lipinski definition) is 4. The average molecular weight is 377 g/mol. The van der Waals surface area contributed by atoms with E-state index < -0.39 is 11.8 Å². The van der Waals surface area contributed by atoms with Crippen LogP contribution in [0.25, 0.3) is 0 Å². The molecule has 2 aromatic carbocycles. The number of nitrogens with zero attached hydrogens (tertiary/aromatic N) is 1. The van der Waals surface area contributed by atoms with Crippen LogP contribution in [-0.2, 0) is 9.59 Å². The first-order valence-corrected chi connectivity index (χ1v) is 8.31. The van der Waals surface area contributed by atoms with Gasteiger partial charge < -0.3 is 10.1 Å². The molecule has 0 saturated heterocycles. The summed E-state index contributed by atoms with van der Waals surface area (Å²) < 4.78 is 5.50. The normalized spacial score (nSPS) is 14.3. The molecule has 25 heavy (non-hydrogen) atoms. The fraction of sp³-hybridized carbons (Fsp3) is 0.111. The SMILES string of the molecule is CCOc1ccccc1N1C(=O)C(Cl)=C(Nc2cccc(Cl)c2)C1=O. The number of imide groups is 1. The first-order valence-electron chi connectivity index (χ1n) is 7.56. The zero-order valence-corrected chi connectivity index (χ0v) is 14.8. The Hall–Kier alpha value is -2.50. The van der Waals surface area contributed by atoms with Crippen molar-refractivity contribution < 1.29 is 14.3 Å². The van der Waals surface area contributed by atoms with Crippen LogP contribution in [0.5, 0.6) is 5.75 Å². The van der Waals surface area contributed by atoms with E-state index in [-0.39, 0.29) is 10.7 Å². The van der Waals surface area contributed by atoms with E-state index in [1.165, 1.54) is 0 Å². The maximum absolute atomic E-state index is 12.8. The zero-order chi connectivity index (χ0) is 18.0. The number of anilines is 2. The predicted octanol–water partition coefficient (Wildman–Crippen LogP) is 4.17. The maximum atomic E-state index is 12.8. The molecule has 0 aromatic heterocycles. The Labute approximate surface area is 154 Å². The molecule has 0 unspecified atom stereocenters. The summed E-state index contributed by atoms with van der Waals surface area (Å²) in [7, 11) is 0. The molecule has 128 valence electrons. The zero-order valence-electron chi connectivity index (χ0n) is 13.3. The predicted molar refractivity (Wildman–Crippen MR) is 98.1 cm³/mol. The lowest BCUT2D eigenvalue weighted by Gasteiger charge is -2.18. The van der Waals surface area contributed by atoms with Crippen LogP contribution < -0.4 is 15.0 Å². The first kappa shape index (κ1) is 17.3. The summed E-state index contributed by atoms with van der Waals surface area (Å²) >= 11 is 12.1. The van der Waals surface area contributed by atoms with Gasteiger partial charge in [0, 0.05) is 10.7 Å². The van der Waals surface area contributed by atoms with Crippen LogP contribution in [0.15, 0.2) is 59.3 Å². The largest absolute Gasteiger partial charge is 0.492 e. The number of carbonyl (C=O) groups is 2. The van der Waals surface area contributed by atoms with E-state index in [1.807, 2.05) is 6.92 Å². The second-order valence-corrected chi connectivity index (χ2v) is 5.99. The summed E-state index contributed by atoms with van der Waals surface area (Å²) in [6.45, 7) is 2.23. The number of hydrogen-bond donors (Lipinski definition) is 1. The molecule has 2 amide bonds. The van der Waals surface area contributed by atoms with E-state index in [0.717, 1.165) is 4.90 Å². The Kier molecular flexibility index (Phi) is 4.97. The number of rotatable bonds is 5. The van der Waals surface area contributed by atoms with E-state index in [4.69, 9.17) is 27.9 Å². The van der Waals surface area contributed by atoms with Crippen molar-refractivity contribution in [1.29, 1.82) is 0 Å². The van der Waals surface area contributed by atoms with Gasteiger partial charge in [0.05, 0.1) is 12.3 Å². The molecule has 0 bridgehead atoms. The van der Waals surface area contributed by atoms with Crippen molar-refractivity contribution in [2.75, 3.05) is 16.8 Å². The molecule has 7 heteroatoms. The van der Waals surface area contributed by atoms with Crippen LogP contribution in [0, 0.1) is 0 Å². The van der Waals surface area contributed by atoms with Gasteiger partial charge in [-0.1, -0.05) is 41.4 Å². The van der Waals surface area contributed by atoms with Crippen molar-refractivity contribution in [3.8, 4) is 5.75 Å². The van der Waals surface area contributed by atoms with Crippen molar-refractivity contribution in [2.24, 2.45) is 0 Å². The second kappa shape index (κ2) is 7.17. The molecule has 3 rings (SSSR count). The van der Waals surface area contributed by atoms with Crippen LogP contribution in [-0.4, -0.2) is 18.4 Å². The number of amides is 2. The molecule has 1 aliphatic rings. The van der Waals surface area contributed by atoms with Crippen molar-refractivity contribution in [3.63, 3.8) is 0 Å². The Balaban J connectivity index is 1.94. The van der Waals surface area contributed by atoms with Gasteiger partial charge in [-0.15, -0.1) is 0 Å². The number of ether oxygens (including phenoxy) is 1. The van der Waals surface area contributed by atoms with Crippen LogP contribution in [0.3, 0.4) is 0 Å². The number of nitrogens with one attached hydrogen (secondary N) is 1. The van der Waals surface area contributed by atoms with Gasteiger partial charge in [-0.05, 0) is 37.3 Å². The van der Waals surface area contributed by atoms with Gasteiger partial charge in [-0.3, -0.25) is 9.59 Å². The minimum absolute atomic E-state index is 0.000217. The molecule has 1 N–H and O–H groups in total. The summed E-state index contributed by atoms with van der Waals surface area (Å²) in [5.41, 5.74) is 0.905. The highest BCUT2D eigenvalue weighted by Gasteiger charge is 2.40. The fourth-order valence-electron chi connectivity index (χ4n) is 2.46.